The van der Waals surface area contributed by atoms with Crippen LogP contribution in [0.2, 0.25) is 0 Å². The maximum absolute atomic E-state index is 13.0. The van der Waals surface area contributed by atoms with Gasteiger partial charge in [0.05, 0.1) is 0 Å². The molecule has 4 rings (SSSR count). The van der Waals surface area contributed by atoms with Gasteiger partial charge in [0.15, 0.2) is 5.82 Å². The molecule has 1 unspecified atom stereocenters. The van der Waals surface area contributed by atoms with Crippen molar-refractivity contribution in [3.8, 4) is 0 Å². The zero-order valence-electron chi connectivity index (χ0n) is 15.0. The van der Waals surface area contributed by atoms with E-state index < -0.39 is 0 Å². The lowest BCUT2D eigenvalue weighted by Crippen LogP contribution is -2.49. The molecular weight excluding hydrogens is 316 g/mol. The fourth-order valence-corrected chi connectivity index (χ4v) is 3.44. The summed E-state index contributed by atoms with van der Waals surface area (Å²) < 4.78 is 5.51. The molecule has 1 aliphatic carbocycles. The van der Waals surface area contributed by atoms with Gasteiger partial charge in [-0.3, -0.25) is 9.69 Å². The van der Waals surface area contributed by atoms with Crippen LogP contribution in [0.5, 0.6) is 0 Å². The van der Waals surface area contributed by atoms with Crippen LogP contribution in [0.3, 0.4) is 0 Å². The first-order chi connectivity index (χ1) is 12.0. The van der Waals surface area contributed by atoms with Crippen LogP contribution in [-0.4, -0.2) is 52.5 Å². The number of aryl methyl sites for hydroxylation is 2. The molecule has 1 saturated heterocycles. The molecule has 0 radical (unpaired) electrons. The van der Waals surface area contributed by atoms with Crippen molar-refractivity contribution in [2.45, 2.75) is 38.6 Å². The summed E-state index contributed by atoms with van der Waals surface area (Å²) in [6, 6.07) is 5.94. The van der Waals surface area contributed by atoms with Gasteiger partial charge in [-0.15, -0.1) is 0 Å². The zero-order chi connectivity index (χ0) is 17.6. The molecule has 2 aliphatic rings. The van der Waals surface area contributed by atoms with Crippen LogP contribution in [0, 0.1) is 13.8 Å². The second-order valence-electron chi connectivity index (χ2n) is 7.33. The fraction of sp³-hybridized carbons (Fsp3) is 0.526. The quantitative estimate of drug-likeness (QED) is 0.860. The second-order valence-corrected chi connectivity index (χ2v) is 7.33. The Morgan fingerprint density at radius 2 is 2.04 bits per heavy atom. The number of piperazine rings is 1. The van der Waals surface area contributed by atoms with Crippen LogP contribution >= 0.6 is 0 Å². The third-order valence-electron chi connectivity index (χ3n) is 5.23. The number of hydrogen-bond donors (Lipinski definition) is 0. The molecule has 1 saturated carbocycles. The Morgan fingerprint density at radius 3 is 2.76 bits per heavy atom. The van der Waals surface area contributed by atoms with Gasteiger partial charge >= 0.3 is 0 Å². The van der Waals surface area contributed by atoms with Crippen molar-refractivity contribution >= 4 is 5.91 Å². The topological polar surface area (TPSA) is 62.5 Å². The van der Waals surface area contributed by atoms with E-state index in [0.29, 0.717) is 24.9 Å². The molecule has 2 aromatic rings. The fourth-order valence-electron chi connectivity index (χ4n) is 3.44. The molecule has 2 heterocycles. The second kappa shape index (κ2) is 6.26. The molecule has 0 N–H and O–H groups in total. The van der Waals surface area contributed by atoms with E-state index in [1.807, 2.05) is 37.9 Å². The number of rotatable bonds is 3. The van der Waals surface area contributed by atoms with Crippen molar-refractivity contribution in [3.63, 3.8) is 0 Å². The number of likely N-dealkylation sites (N-methyl/N-ethyl adjacent to an activating group) is 1. The van der Waals surface area contributed by atoms with Crippen LogP contribution in [0.1, 0.15) is 58.0 Å². The van der Waals surface area contributed by atoms with E-state index in [-0.39, 0.29) is 11.9 Å². The maximum atomic E-state index is 13.0. The van der Waals surface area contributed by atoms with E-state index in [9.17, 15) is 4.79 Å². The number of amides is 1. The predicted octanol–water partition coefficient (Wildman–Crippen LogP) is 2.69. The summed E-state index contributed by atoms with van der Waals surface area (Å²) >= 11 is 0. The van der Waals surface area contributed by atoms with Crippen molar-refractivity contribution in [2.24, 2.45) is 0 Å². The first-order valence-electron chi connectivity index (χ1n) is 8.93. The van der Waals surface area contributed by atoms with Crippen molar-refractivity contribution in [2.75, 3.05) is 26.7 Å². The standard InChI is InChI=1S/C19H24N4O2/c1-12-4-7-15(13(2)10-12)19(24)23-9-8-22(3)16(11-23)18-20-17(21-25-18)14-5-6-14/h4,7,10,14,16H,5-6,8-9,11H2,1-3H3. The molecule has 6 nitrogen and oxygen atoms in total. The highest BCUT2D eigenvalue weighted by Crippen LogP contribution is 2.39. The minimum atomic E-state index is -0.0385. The highest BCUT2D eigenvalue weighted by molar-refractivity contribution is 5.95. The Hall–Kier alpha value is -2.21. The number of nitrogens with zero attached hydrogens (tertiary/aromatic N) is 4. The maximum Gasteiger partial charge on any atom is 0.254 e. The first-order valence-corrected chi connectivity index (χ1v) is 8.93. The Labute approximate surface area is 147 Å². The van der Waals surface area contributed by atoms with Gasteiger partial charge in [-0.05, 0) is 45.4 Å². The number of carbonyl (C=O) groups excluding carboxylic acids is 1. The molecule has 1 aromatic carbocycles. The Morgan fingerprint density at radius 1 is 1.24 bits per heavy atom. The van der Waals surface area contributed by atoms with E-state index in [1.54, 1.807) is 0 Å². The molecular formula is C19H24N4O2. The third kappa shape index (κ3) is 3.18. The van der Waals surface area contributed by atoms with E-state index >= 15 is 0 Å². The van der Waals surface area contributed by atoms with Gasteiger partial charge in [0.1, 0.15) is 6.04 Å². The molecule has 1 atom stereocenters. The van der Waals surface area contributed by atoms with Crippen LogP contribution in [0.25, 0.3) is 0 Å². The van der Waals surface area contributed by atoms with Crippen LogP contribution in [0.15, 0.2) is 22.7 Å². The summed E-state index contributed by atoms with van der Waals surface area (Å²) in [5.41, 5.74) is 2.97. The summed E-state index contributed by atoms with van der Waals surface area (Å²) in [6.45, 7) is 6.12. The first kappa shape index (κ1) is 16.3. The predicted molar refractivity (Wildman–Crippen MR) is 93.5 cm³/mol. The lowest BCUT2D eigenvalue weighted by Gasteiger charge is -2.37. The molecule has 1 aliphatic heterocycles. The van der Waals surface area contributed by atoms with Crippen molar-refractivity contribution in [1.82, 2.24) is 19.9 Å². The minimum Gasteiger partial charge on any atom is -0.338 e. The molecule has 6 heteroatoms. The largest absolute Gasteiger partial charge is 0.338 e. The van der Waals surface area contributed by atoms with Gasteiger partial charge in [0, 0.05) is 31.1 Å². The van der Waals surface area contributed by atoms with Gasteiger partial charge < -0.3 is 9.42 Å². The number of benzene rings is 1. The molecule has 2 fully saturated rings. The van der Waals surface area contributed by atoms with Crippen LogP contribution in [-0.2, 0) is 0 Å². The third-order valence-corrected chi connectivity index (χ3v) is 5.23. The lowest BCUT2D eigenvalue weighted by atomic mass is 10.0. The summed E-state index contributed by atoms with van der Waals surface area (Å²) in [5, 5.41) is 4.12. The van der Waals surface area contributed by atoms with E-state index in [1.165, 1.54) is 5.56 Å². The average molecular weight is 340 g/mol. The Kier molecular flexibility index (Phi) is 4.07. The van der Waals surface area contributed by atoms with Gasteiger partial charge in [-0.1, -0.05) is 22.9 Å². The van der Waals surface area contributed by atoms with Crippen molar-refractivity contribution in [1.29, 1.82) is 0 Å². The summed E-state index contributed by atoms with van der Waals surface area (Å²) in [6.07, 6.45) is 2.30. The highest BCUT2D eigenvalue weighted by atomic mass is 16.5. The summed E-state index contributed by atoms with van der Waals surface area (Å²) in [4.78, 5) is 21.7. The molecule has 0 spiro atoms. The molecule has 25 heavy (non-hydrogen) atoms. The van der Waals surface area contributed by atoms with Gasteiger partial charge in [0.25, 0.3) is 5.91 Å². The van der Waals surface area contributed by atoms with Crippen molar-refractivity contribution < 1.29 is 9.32 Å². The van der Waals surface area contributed by atoms with Gasteiger partial charge in [0.2, 0.25) is 5.89 Å². The Bertz CT molecular complexity index is 796. The summed E-state index contributed by atoms with van der Waals surface area (Å²) in [5.74, 6) is 2.00. The molecule has 1 aromatic heterocycles. The van der Waals surface area contributed by atoms with Crippen LogP contribution < -0.4 is 0 Å². The molecule has 1 amide bonds. The zero-order valence-corrected chi connectivity index (χ0v) is 15.0. The minimum absolute atomic E-state index is 0.0385. The van der Waals surface area contributed by atoms with E-state index in [2.05, 4.69) is 21.1 Å². The molecule has 132 valence electrons. The van der Waals surface area contributed by atoms with E-state index in [0.717, 1.165) is 36.3 Å². The number of aromatic nitrogens is 2. The normalized spacial score (nSPS) is 21.6. The smallest absolute Gasteiger partial charge is 0.254 e. The van der Waals surface area contributed by atoms with Crippen LogP contribution in [0.4, 0.5) is 0 Å². The SMILES string of the molecule is Cc1ccc(C(=O)N2CCN(C)C(c3nc(C4CC4)no3)C2)c(C)c1. The molecule has 0 bridgehead atoms. The van der Waals surface area contributed by atoms with Crippen molar-refractivity contribution in [3.05, 3.63) is 46.6 Å². The number of carbonyl (C=O) groups is 1. The lowest BCUT2D eigenvalue weighted by molar-refractivity contribution is 0.0488. The van der Waals surface area contributed by atoms with Gasteiger partial charge in [-0.2, -0.15) is 4.98 Å². The summed E-state index contributed by atoms with van der Waals surface area (Å²) in [7, 11) is 2.05. The average Bonchev–Trinajstić information content (AvgIpc) is 3.32. The van der Waals surface area contributed by atoms with Gasteiger partial charge in [-0.25, -0.2) is 0 Å². The van der Waals surface area contributed by atoms with E-state index in [4.69, 9.17) is 4.52 Å². The highest BCUT2D eigenvalue weighted by Gasteiger charge is 2.35. The number of hydrogen-bond acceptors (Lipinski definition) is 5. The Balaban J connectivity index is 1.53. The monoisotopic (exact) mass is 340 g/mol.